The molecule has 12 nitrogen and oxygen atoms in total. The van der Waals surface area contributed by atoms with Crippen LogP contribution in [-0.2, 0) is 33.5 Å². The van der Waals surface area contributed by atoms with Crippen LogP contribution in [0.15, 0.2) is 23.8 Å². The van der Waals surface area contributed by atoms with E-state index in [1.54, 1.807) is 40.7 Å². The molecule has 4 aliphatic carbocycles. The largest absolute Gasteiger partial charge is 0.444 e. The molecular weight excluding hydrogens is 635 g/mol. The standard InChI is InChI=1S/C33H43FN2O10S/c1-29(2,3)45-28(43)35-22(27(42)46-36-25(40)8-9-26(36)41)16-47-17-24(39)32(44)13-11-20-21-7-6-18-14-19(37)10-12-30(18,4)33(21,34)23(38)15-31(20,32)5/h10,12,14,20-23,38,44H,6-9,11,13,15-17H2,1-5H3,(H,35,43)/t20-,21-,22?,23-,30-,31-,32-,33-/m0/s1. The summed E-state index contributed by atoms with van der Waals surface area (Å²) >= 11 is 0.924. The van der Waals surface area contributed by atoms with Crippen molar-refractivity contribution in [2.45, 2.75) is 109 Å². The van der Waals surface area contributed by atoms with Crippen LogP contribution in [0.2, 0.25) is 0 Å². The molecule has 4 fully saturated rings. The highest BCUT2D eigenvalue weighted by atomic mass is 32.2. The summed E-state index contributed by atoms with van der Waals surface area (Å²) in [5, 5.41) is 26.2. The monoisotopic (exact) mass is 678 g/mol. The molecule has 0 aromatic carbocycles. The number of allylic oxidation sites excluding steroid dienone is 4. The van der Waals surface area contributed by atoms with Gasteiger partial charge in [-0.15, -0.1) is 5.06 Å². The van der Waals surface area contributed by atoms with Gasteiger partial charge in [-0.2, -0.15) is 11.8 Å². The summed E-state index contributed by atoms with van der Waals surface area (Å²) in [5.74, 6) is -4.91. The van der Waals surface area contributed by atoms with Crippen LogP contribution >= 0.6 is 11.8 Å². The molecule has 0 aromatic rings. The first-order valence-electron chi connectivity index (χ1n) is 16.0. The maximum atomic E-state index is 17.3. The van der Waals surface area contributed by atoms with Crippen molar-refractivity contribution in [3.8, 4) is 0 Å². The number of hydroxylamine groups is 2. The van der Waals surface area contributed by atoms with E-state index in [9.17, 15) is 39.0 Å². The van der Waals surface area contributed by atoms with E-state index >= 15 is 4.39 Å². The van der Waals surface area contributed by atoms with Gasteiger partial charge < -0.3 is 25.1 Å². The molecule has 1 heterocycles. The number of Topliss-reactive ketones (excluding diaryl/α,β-unsaturated/α-hetero) is 1. The maximum absolute atomic E-state index is 17.3. The second-order valence-corrected chi connectivity index (χ2v) is 15.8. The highest BCUT2D eigenvalue weighted by Crippen LogP contribution is 2.69. The molecular formula is C33H43FN2O10S. The van der Waals surface area contributed by atoms with Crippen molar-refractivity contribution < 1.29 is 52.9 Å². The minimum Gasteiger partial charge on any atom is -0.444 e. The van der Waals surface area contributed by atoms with Crippen LogP contribution < -0.4 is 5.32 Å². The molecule has 47 heavy (non-hydrogen) atoms. The lowest BCUT2D eigenvalue weighted by Gasteiger charge is -2.62. The summed E-state index contributed by atoms with van der Waals surface area (Å²) in [4.78, 5) is 80.4. The molecule has 1 unspecified atom stereocenters. The van der Waals surface area contributed by atoms with E-state index in [0.29, 0.717) is 29.9 Å². The van der Waals surface area contributed by atoms with Crippen molar-refractivity contribution in [3.63, 3.8) is 0 Å². The van der Waals surface area contributed by atoms with Gasteiger partial charge in [0.2, 0.25) is 0 Å². The Morgan fingerprint density at radius 1 is 1.11 bits per heavy atom. The van der Waals surface area contributed by atoms with Crippen molar-refractivity contribution in [2.24, 2.45) is 22.7 Å². The number of imide groups is 1. The zero-order valence-electron chi connectivity index (χ0n) is 27.3. The number of alkyl halides is 1. The summed E-state index contributed by atoms with van der Waals surface area (Å²) in [6.07, 6.45) is 2.68. The Hall–Kier alpha value is -3.10. The van der Waals surface area contributed by atoms with Crippen LogP contribution in [0.5, 0.6) is 0 Å². The summed E-state index contributed by atoms with van der Waals surface area (Å²) in [6, 6.07) is -1.42. The molecule has 5 aliphatic rings. The van der Waals surface area contributed by atoms with Crippen LogP contribution in [0.25, 0.3) is 0 Å². The highest BCUT2D eigenvalue weighted by Gasteiger charge is 2.74. The minimum atomic E-state index is -2.10. The van der Waals surface area contributed by atoms with Crippen molar-refractivity contribution >= 4 is 47.2 Å². The molecule has 0 spiro atoms. The zero-order valence-corrected chi connectivity index (χ0v) is 28.1. The Morgan fingerprint density at radius 3 is 2.40 bits per heavy atom. The van der Waals surface area contributed by atoms with Gasteiger partial charge in [-0.25, -0.2) is 14.0 Å². The molecule has 0 bridgehead atoms. The number of aliphatic hydroxyl groups excluding tert-OH is 1. The van der Waals surface area contributed by atoms with Crippen LogP contribution in [0, 0.1) is 22.7 Å². The number of halogens is 1. The van der Waals surface area contributed by atoms with Gasteiger partial charge in [-0.05, 0) is 77.9 Å². The van der Waals surface area contributed by atoms with Crippen LogP contribution in [0.1, 0.15) is 79.6 Å². The SMILES string of the molecule is CC(C)(C)OC(=O)NC(CSCC(=O)[C@@]1(O)CC[C@H]2[C@@H]3CCC4=CC(=O)C=C[C@]4(C)[C@@]3(F)[C@@H](O)C[C@@]21C)C(=O)ON1C(=O)CCC1=O. The molecule has 3 saturated carbocycles. The summed E-state index contributed by atoms with van der Waals surface area (Å²) < 4.78 is 22.6. The van der Waals surface area contributed by atoms with Crippen molar-refractivity contribution in [1.82, 2.24) is 10.4 Å². The van der Waals surface area contributed by atoms with Crippen LogP contribution in [-0.4, -0.2) is 91.2 Å². The number of fused-ring (bicyclic) bond motifs is 5. The molecule has 3 amide bonds. The third-order valence-corrected chi connectivity index (χ3v) is 12.0. The zero-order chi connectivity index (χ0) is 34.7. The van der Waals surface area contributed by atoms with Crippen molar-refractivity contribution in [1.29, 1.82) is 0 Å². The Labute approximate surface area is 276 Å². The first kappa shape index (κ1) is 35.2. The predicted molar refractivity (Wildman–Crippen MR) is 166 cm³/mol. The Morgan fingerprint density at radius 2 is 1.77 bits per heavy atom. The Kier molecular flexibility index (Phi) is 9.06. The number of carbonyl (C=O) groups is 6. The fraction of sp³-hybridized carbons (Fsp3) is 0.697. The number of amides is 3. The van der Waals surface area contributed by atoms with Gasteiger partial charge >= 0.3 is 12.1 Å². The van der Waals surface area contributed by atoms with E-state index in [4.69, 9.17) is 9.57 Å². The lowest BCUT2D eigenvalue weighted by molar-refractivity contribution is -0.216. The van der Waals surface area contributed by atoms with E-state index in [-0.39, 0.29) is 43.0 Å². The van der Waals surface area contributed by atoms with Crippen molar-refractivity contribution in [2.75, 3.05) is 11.5 Å². The number of alkyl carbamates (subject to hydrolysis) is 1. The van der Waals surface area contributed by atoms with Gasteiger partial charge in [-0.3, -0.25) is 19.2 Å². The number of ether oxygens (including phenoxy) is 1. The number of thioether (sulfide) groups is 1. The smallest absolute Gasteiger partial charge is 0.408 e. The second-order valence-electron chi connectivity index (χ2n) is 14.8. The number of nitrogens with zero attached hydrogens (tertiary/aromatic N) is 1. The van der Waals surface area contributed by atoms with E-state index in [1.165, 1.54) is 12.2 Å². The van der Waals surface area contributed by atoms with Gasteiger partial charge in [0.1, 0.15) is 17.2 Å². The maximum Gasteiger partial charge on any atom is 0.408 e. The topological polar surface area (TPSA) is 177 Å². The third kappa shape index (κ3) is 5.83. The number of carbonyl (C=O) groups excluding carboxylic acids is 6. The molecule has 1 aliphatic heterocycles. The minimum absolute atomic E-state index is 0.0570. The molecule has 0 aromatic heterocycles. The number of rotatable bonds is 8. The molecule has 258 valence electrons. The second kappa shape index (κ2) is 12.1. The molecule has 14 heteroatoms. The van der Waals surface area contributed by atoms with Gasteiger partial charge in [0, 0.05) is 35.3 Å². The lowest BCUT2D eigenvalue weighted by atomic mass is 9.44. The number of hydrogen-bond donors (Lipinski definition) is 3. The Bertz CT molecular complexity index is 1440. The molecule has 8 atom stereocenters. The predicted octanol–water partition coefficient (Wildman–Crippen LogP) is 2.89. The summed E-state index contributed by atoms with van der Waals surface area (Å²) in [5.41, 5.74) is -6.61. The van der Waals surface area contributed by atoms with E-state index in [0.717, 1.165) is 11.8 Å². The van der Waals surface area contributed by atoms with E-state index < -0.39 is 81.3 Å². The highest BCUT2D eigenvalue weighted by molar-refractivity contribution is 8.00. The summed E-state index contributed by atoms with van der Waals surface area (Å²) in [6.45, 7) is 8.28. The molecule has 0 radical (unpaired) electrons. The number of aliphatic hydroxyl groups is 2. The normalized spacial score (nSPS) is 37.0. The van der Waals surface area contributed by atoms with Crippen LogP contribution in [0.3, 0.4) is 0 Å². The van der Waals surface area contributed by atoms with E-state index in [1.807, 2.05) is 0 Å². The van der Waals surface area contributed by atoms with E-state index in [2.05, 4.69) is 5.32 Å². The first-order chi connectivity index (χ1) is 21.8. The fourth-order valence-corrected chi connectivity index (χ4v) is 9.49. The van der Waals surface area contributed by atoms with Gasteiger partial charge in [-0.1, -0.05) is 18.6 Å². The molecule has 3 N–H and O–H groups in total. The molecule has 5 rings (SSSR count). The average Bonchev–Trinajstić information content (AvgIpc) is 3.43. The lowest BCUT2D eigenvalue weighted by Crippen LogP contribution is -2.69. The third-order valence-electron chi connectivity index (χ3n) is 10.9. The molecule has 1 saturated heterocycles. The van der Waals surface area contributed by atoms with Gasteiger partial charge in [0.05, 0.1) is 11.9 Å². The first-order valence-corrected chi connectivity index (χ1v) is 17.1. The number of nitrogens with one attached hydrogen (secondary N) is 1. The Balaban J connectivity index is 1.29. The number of ketones is 2. The number of hydrogen-bond acceptors (Lipinski definition) is 11. The quantitative estimate of drug-likeness (QED) is 0.322. The average molecular weight is 679 g/mol. The summed E-state index contributed by atoms with van der Waals surface area (Å²) in [7, 11) is 0. The fourth-order valence-electron chi connectivity index (χ4n) is 8.49. The van der Waals surface area contributed by atoms with Gasteiger partial charge in [0.25, 0.3) is 11.8 Å². The van der Waals surface area contributed by atoms with Crippen molar-refractivity contribution in [3.05, 3.63) is 23.8 Å². The van der Waals surface area contributed by atoms with Crippen LogP contribution in [0.4, 0.5) is 9.18 Å². The van der Waals surface area contributed by atoms with Gasteiger partial charge in [0.15, 0.2) is 17.2 Å².